The molecule has 3 heteroatoms. The molecule has 0 aliphatic rings. The summed E-state index contributed by atoms with van der Waals surface area (Å²) in [5, 5.41) is 12.2. The summed E-state index contributed by atoms with van der Waals surface area (Å²) in [7, 11) is 0. The molecule has 0 fully saturated rings. The van der Waals surface area contributed by atoms with Gasteiger partial charge in [-0.05, 0) is 48.7 Å². The molecule has 1 aromatic heterocycles. The average Bonchev–Trinajstić information content (AvgIpc) is 2.40. The van der Waals surface area contributed by atoms with Crippen molar-refractivity contribution >= 4 is 5.69 Å². The van der Waals surface area contributed by atoms with Gasteiger partial charge in [-0.25, -0.2) is 0 Å². The molecule has 0 bridgehead atoms. The van der Waals surface area contributed by atoms with E-state index in [-0.39, 0.29) is 0 Å². The Hall–Kier alpha value is -2.34. The Balaban J connectivity index is 1.91. The van der Waals surface area contributed by atoms with Gasteiger partial charge in [0.2, 0.25) is 0 Å². The third kappa shape index (κ3) is 3.08. The highest BCUT2D eigenvalue weighted by molar-refractivity contribution is 5.51. The number of nitrogens with zero attached hydrogens (tertiary/aromatic N) is 2. The second-order valence-corrected chi connectivity index (χ2v) is 4.18. The van der Waals surface area contributed by atoms with Gasteiger partial charge in [-0.3, -0.25) is 4.98 Å². The molecular weight excluding hydrogens is 222 g/mol. The Kier molecular flexibility index (Phi) is 3.93. The summed E-state index contributed by atoms with van der Waals surface area (Å²) in [5.41, 5.74) is 4.00. The molecule has 2 rings (SSSR count). The van der Waals surface area contributed by atoms with E-state index < -0.39 is 0 Å². The quantitative estimate of drug-likeness (QED) is 0.889. The fourth-order valence-electron chi connectivity index (χ4n) is 1.80. The maximum absolute atomic E-state index is 8.86. The van der Waals surface area contributed by atoms with E-state index in [0.717, 1.165) is 29.8 Å². The summed E-state index contributed by atoms with van der Waals surface area (Å²) in [5.74, 6) is 0. The van der Waals surface area contributed by atoms with Crippen LogP contribution in [0.5, 0.6) is 0 Å². The maximum atomic E-state index is 8.86. The highest BCUT2D eigenvalue weighted by Crippen LogP contribution is 2.14. The predicted octanol–water partition coefficient (Wildman–Crippen LogP) is 2.92. The average molecular weight is 237 g/mol. The highest BCUT2D eigenvalue weighted by Gasteiger charge is 1.99. The number of rotatable bonds is 4. The van der Waals surface area contributed by atoms with E-state index in [9.17, 15) is 0 Å². The number of aromatic nitrogens is 1. The molecule has 0 atom stereocenters. The van der Waals surface area contributed by atoms with E-state index in [1.807, 2.05) is 37.4 Å². The van der Waals surface area contributed by atoms with Gasteiger partial charge in [0, 0.05) is 24.6 Å². The Morgan fingerprint density at radius 2 is 2.22 bits per heavy atom. The van der Waals surface area contributed by atoms with E-state index >= 15 is 0 Å². The zero-order valence-electron chi connectivity index (χ0n) is 10.4. The van der Waals surface area contributed by atoms with Crippen molar-refractivity contribution in [3.8, 4) is 6.07 Å². The van der Waals surface area contributed by atoms with Crippen LogP contribution >= 0.6 is 0 Å². The minimum absolute atomic E-state index is 0.729. The molecule has 0 unspecified atom stereocenters. The van der Waals surface area contributed by atoms with Crippen molar-refractivity contribution in [2.24, 2.45) is 0 Å². The molecule has 18 heavy (non-hydrogen) atoms. The first-order valence-corrected chi connectivity index (χ1v) is 5.93. The normalized spacial score (nSPS) is 9.78. The van der Waals surface area contributed by atoms with Crippen LogP contribution < -0.4 is 5.32 Å². The van der Waals surface area contributed by atoms with Crippen LogP contribution in [0.25, 0.3) is 0 Å². The van der Waals surface area contributed by atoms with Crippen LogP contribution in [0.3, 0.4) is 0 Å². The van der Waals surface area contributed by atoms with Crippen LogP contribution in [0.4, 0.5) is 5.69 Å². The SMILES string of the molecule is Cc1cc(NCCc2cccnc2)ccc1C#N. The number of hydrogen-bond acceptors (Lipinski definition) is 3. The van der Waals surface area contributed by atoms with Crippen LogP contribution in [0.15, 0.2) is 42.7 Å². The summed E-state index contributed by atoms with van der Waals surface area (Å²) < 4.78 is 0. The fourth-order valence-corrected chi connectivity index (χ4v) is 1.80. The van der Waals surface area contributed by atoms with Crippen molar-refractivity contribution in [2.75, 3.05) is 11.9 Å². The first kappa shape index (κ1) is 12.1. The largest absolute Gasteiger partial charge is 0.385 e. The van der Waals surface area contributed by atoms with E-state index in [1.54, 1.807) is 6.20 Å². The molecule has 1 heterocycles. The molecule has 0 amide bonds. The van der Waals surface area contributed by atoms with Crippen molar-refractivity contribution in [3.05, 3.63) is 59.4 Å². The maximum Gasteiger partial charge on any atom is 0.0994 e. The van der Waals surface area contributed by atoms with Gasteiger partial charge >= 0.3 is 0 Å². The number of anilines is 1. The molecule has 0 spiro atoms. The molecule has 0 radical (unpaired) electrons. The molecule has 0 saturated carbocycles. The van der Waals surface area contributed by atoms with Gasteiger partial charge in [-0.15, -0.1) is 0 Å². The molecule has 1 aromatic carbocycles. The smallest absolute Gasteiger partial charge is 0.0994 e. The van der Waals surface area contributed by atoms with Gasteiger partial charge in [0.1, 0.15) is 0 Å². The predicted molar refractivity (Wildman–Crippen MR) is 72.3 cm³/mol. The molecule has 1 N–H and O–H groups in total. The molecule has 2 aromatic rings. The monoisotopic (exact) mass is 237 g/mol. The second kappa shape index (κ2) is 5.83. The number of nitriles is 1. The number of pyridine rings is 1. The molecule has 0 aliphatic heterocycles. The second-order valence-electron chi connectivity index (χ2n) is 4.18. The minimum Gasteiger partial charge on any atom is -0.385 e. The first-order valence-electron chi connectivity index (χ1n) is 5.93. The lowest BCUT2D eigenvalue weighted by atomic mass is 10.1. The Morgan fingerprint density at radius 3 is 2.89 bits per heavy atom. The number of hydrogen-bond donors (Lipinski definition) is 1. The van der Waals surface area contributed by atoms with Crippen LogP contribution in [-0.4, -0.2) is 11.5 Å². The molecule has 0 saturated heterocycles. The summed E-state index contributed by atoms with van der Waals surface area (Å²) in [6.07, 6.45) is 4.60. The van der Waals surface area contributed by atoms with Crippen molar-refractivity contribution in [3.63, 3.8) is 0 Å². The number of benzene rings is 1. The van der Waals surface area contributed by atoms with E-state index in [2.05, 4.69) is 22.4 Å². The van der Waals surface area contributed by atoms with Gasteiger partial charge < -0.3 is 5.32 Å². The zero-order chi connectivity index (χ0) is 12.8. The minimum atomic E-state index is 0.729. The van der Waals surface area contributed by atoms with Crippen LogP contribution in [0.2, 0.25) is 0 Å². The zero-order valence-corrected chi connectivity index (χ0v) is 10.4. The lowest BCUT2D eigenvalue weighted by Gasteiger charge is -2.07. The Morgan fingerprint density at radius 1 is 1.33 bits per heavy atom. The van der Waals surface area contributed by atoms with E-state index in [1.165, 1.54) is 5.56 Å². The summed E-state index contributed by atoms with van der Waals surface area (Å²) >= 11 is 0. The van der Waals surface area contributed by atoms with Gasteiger partial charge in [0.25, 0.3) is 0 Å². The van der Waals surface area contributed by atoms with Gasteiger partial charge in [-0.2, -0.15) is 5.26 Å². The summed E-state index contributed by atoms with van der Waals surface area (Å²) in [4.78, 5) is 4.08. The van der Waals surface area contributed by atoms with E-state index in [4.69, 9.17) is 5.26 Å². The van der Waals surface area contributed by atoms with Gasteiger partial charge in [-0.1, -0.05) is 6.07 Å². The lowest BCUT2D eigenvalue weighted by molar-refractivity contribution is 1.00. The summed E-state index contributed by atoms with van der Waals surface area (Å²) in [6.45, 7) is 2.81. The van der Waals surface area contributed by atoms with Crippen molar-refractivity contribution in [1.29, 1.82) is 5.26 Å². The molecular formula is C15H15N3. The molecule has 0 aliphatic carbocycles. The molecule has 90 valence electrons. The number of aryl methyl sites for hydroxylation is 1. The topological polar surface area (TPSA) is 48.7 Å². The van der Waals surface area contributed by atoms with Crippen molar-refractivity contribution < 1.29 is 0 Å². The first-order chi connectivity index (χ1) is 8.79. The standard InChI is InChI=1S/C15H15N3/c1-12-9-15(5-4-14(12)10-16)18-8-6-13-3-2-7-17-11-13/h2-5,7,9,11,18H,6,8H2,1H3. The highest BCUT2D eigenvalue weighted by atomic mass is 14.9. The van der Waals surface area contributed by atoms with Crippen LogP contribution in [-0.2, 0) is 6.42 Å². The van der Waals surface area contributed by atoms with E-state index in [0.29, 0.717) is 0 Å². The van der Waals surface area contributed by atoms with Crippen LogP contribution in [0, 0.1) is 18.3 Å². The molecule has 3 nitrogen and oxygen atoms in total. The third-order valence-corrected chi connectivity index (χ3v) is 2.81. The van der Waals surface area contributed by atoms with Crippen molar-refractivity contribution in [2.45, 2.75) is 13.3 Å². The van der Waals surface area contributed by atoms with Gasteiger partial charge in [0.05, 0.1) is 11.6 Å². The fraction of sp³-hybridized carbons (Fsp3) is 0.200. The number of nitrogens with one attached hydrogen (secondary N) is 1. The lowest BCUT2D eigenvalue weighted by Crippen LogP contribution is -2.05. The Labute approximate surface area is 107 Å². The third-order valence-electron chi connectivity index (χ3n) is 2.81. The van der Waals surface area contributed by atoms with Gasteiger partial charge in [0.15, 0.2) is 0 Å². The Bertz CT molecular complexity index is 556. The van der Waals surface area contributed by atoms with Crippen LogP contribution in [0.1, 0.15) is 16.7 Å². The van der Waals surface area contributed by atoms with Crippen molar-refractivity contribution in [1.82, 2.24) is 4.98 Å². The summed E-state index contributed by atoms with van der Waals surface area (Å²) in [6, 6.07) is 12.0.